The van der Waals surface area contributed by atoms with Crippen molar-refractivity contribution in [1.82, 2.24) is 24.7 Å². The summed E-state index contributed by atoms with van der Waals surface area (Å²) in [5, 5.41) is 4.77. The highest BCUT2D eigenvalue weighted by atomic mass is 32.2. The molecule has 0 amide bonds. The third kappa shape index (κ3) is 4.30. The third-order valence-electron chi connectivity index (χ3n) is 5.10. The molecule has 8 heteroatoms. The van der Waals surface area contributed by atoms with Gasteiger partial charge in [-0.15, -0.1) is 0 Å². The van der Waals surface area contributed by atoms with Crippen LogP contribution in [0.1, 0.15) is 57.8 Å². The molecule has 0 radical (unpaired) electrons. The molecule has 31 heavy (non-hydrogen) atoms. The molecule has 0 atom stereocenters. The van der Waals surface area contributed by atoms with E-state index >= 15 is 0 Å². The average Bonchev–Trinajstić information content (AvgIpc) is 3.32. The Hall–Kier alpha value is -2.87. The minimum atomic E-state index is -0.0687. The van der Waals surface area contributed by atoms with E-state index in [2.05, 4.69) is 48.0 Å². The molecule has 4 aromatic rings. The van der Waals surface area contributed by atoms with E-state index in [9.17, 15) is 4.79 Å². The van der Waals surface area contributed by atoms with E-state index in [4.69, 9.17) is 9.51 Å². The lowest BCUT2D eigenvalue weighted by molar-refractivity contribution is 0.391. The summed E-state index contributed by atoms with van der Waals surface area (Å²) in [7, 11) is 0. The summed E-state index contributed by atoms with van der Waals surface area (Å²) in [6.45, 7) is 12.4. The number of nitrogens with zero attached hydrogens (tertiary/aromatic N) is 4. The molecule has 162 valence electrons. The van der Waals surface area contributed by atoms with Crippen molar-refractivity contribution in [2.24, 2.45) is 0 Å². The summed E-state index contributed by atoms with van der Waals surface area (Å²) in [6, 6.07) is 10.1. The van der Waals surface area contributed by atoms with E-state index in [1.807, 2.05) is 39.0 Å². The maximum Gasteiger partial charge on any atom is 0.278 e. The number of aryl methyl sites for hydroxylation is 1. The number of thioether (sulfide) groups is 1. The van der Waals surface area contributed by atoms with E-state index in [1.54, 1.807) is 4.57 Å². The van der Waals surface area contributed by atoms with E-state index in [-0.39, 0.29) is 17.0 Å². The first kappa shape index (κ1) is 21.4. The monoisotopic (exact) mass is 437 g/mol. The van der Waals surface area contributed by atoms with Crippen LogP contribution < -0.4 is 5.56 Å². The third-order valence-corrected chi connectivity index (χ3v) is 6.04. The number of rotatable bonds is 5. The summed E-state index contributed by atoms with van der Waals surface area (Å²) in [4.78, 5) is 25.3. The topological polar surface area (TPSA) is 89.6 Å². The molecule has 7 nitrogen and oxygen atoms in total. The average molecular weight is 438 g/mol. The van der Waals surface area contributed by atoms with Crippen molar-refractivity contribution in [2.45, 2.75) is 63.9 Å². The second-order valence-corrected chi connectivity index (χ2v) is 9.95. The Kier molecular flexibility index (Phi) is 5.51. The molecule has 0 aliphatic rings. The lowest BCUT2D eigenvalue weighted by Gasteiger charge is -2.18. The minimum absolute atomic E-state index is 0.0184. The Labute approximate surface area is 185 Å². The zero-order valence-corrected chi connectivity index (χ0v) is 19.5. The maximum absolute atomic E-state index is 12.9. The van der Waals surface area contributed by atoms with E-state index in [0.717, 1.165) is 11.3 Å². The largest absolute Gasteiger partial charge is 0.353 e. The van der Waals surface area contributed by atoms with E-state index in [0.29, 0.717) is 33.7 Å². The zero-order chi connectivity index (χ0) is 22.3. The number of hydrogen-bond acceptors (Lipinski definition) is 6. The zero-order valence-electron chi connectivity index (χ0n) is 18.7. The van der Waals surface area contributed by atoms with Crippen LogP contribution in [0.2, 0.25) is 0 Å². The molecule has 1 aromatic carbocycles. The first-order valence-corrected chi connectivity index (χ1v) is 11.3. The Morgan fingerprint density at radius 3 is 2.52 bits per heavy atom. The van der Waals surface area contributed by atoms with E-state index in [1.165, 1.54) is 17.3 Å². The molecule has 0 saturated heterocycles. The van der Waals surface area contributed by atoms with Crippen LogP contribution in [0.5, 0.6) is 0 Å². The maximum atomic E-state index is 12.9. The van der Waals surface area contributed by atoms with Gasteiger partial charge in [0.15, 0.2) is 5.16 Å². The molecule has 1 N–H and O–H groups in total. The van der Waals surface area contributed by atoms with Crippen LogP contribution in [0.4, 0.5) is 0 Å². The molecular weight excluding hydrogens is 410 g/mol. The first-order chi connectivity index (χ1) is 14.6. The second kappa shape index (κ2) is 8.00. The molecule has 0 aliphatic heterocycles. The molecule has 3 heterocycles. The van der Waals surface area contributed by atoms with Gasteiger partial charge in [0.2, 0.25) is 11.7 Å². The van der Waals surface area contributed by atoms with Gasteiger partial charge in [0.25, 0.3) is 5.56 Å². The van der Waals surface area contributed by atoms with Gasteiger partial charge in [0, 0.05) is 17.3 Å². The van der Waals surface area contributed by atoms with Gasteiger partial charge in [-0.05, 0) is 37.8 Å². The lowest BCUT2D eigenvalue weighted by atomic mass is 9.87. The highest BCUT2D eigenvalue weighted by Crippen LogP contribution is 2.27. The lowest BCUT2D eigenvalue weighted by Crippen LogP contribution is -2.25. The Morgan fingerprint density at radius 1 is 1.16 bits per heavy atom. The van der Waals surface area contributed by atoms with Gasteiger partial charge in [0.05, 0.1) is 11.3 Å². The van der Waals surface area contributed by atoms with Crippen molar-refractivity contribution in [3.8, 4) is 11.4 Å². The van der Waals surface area contributed by atoms with Gasteiger partial charge < -0.3 is 9.51 Å². The summed E-state index contributed by atoms with van der Waals surface area (Å²) >= 11 is 1.42. The molecular formula is C23H27N5O2S. The van der Waals surface area contributed by atoms with Gasteiger partial charge in [0.1, 0.15) is 5.52 Å². The van der Waals surface area contributed by atoms with E-state index < -0.39 is 0 Å². The van der Waals surface area contributed by atoms with Crippen molar-refractivity contribution in [3.05, 3.63) is 57.8 Å². The summed E-state index contributed by atoms with van der Waals surface area (Å²) < 4.78 is 7.16. The van der Waals surface area contributed by atoms with Gasteiger partial charge >= 0.3 is 0 Å². The molecule has 3 aromatic heterocycles. The summed E-state index contributed by atoms with van der Waals surface area (Å²) in [6.07, 6.45) is 0. The summed E-state index contributed by atoms with van der Waals surface area (Å²) in [5.41, 5.74) is 4.31. The van der Waals surface area contributed by atoms with Gasteiger partial charge in [-0.1, -0.05) is 62.0 Å². The van der Waals surface area contributed by atoms with Crippen molar-refractivity contribution in [3.63, 3.8) is 0 Å². The molecule has 0 fully saturated rings. The van der Waals surface area contributed by atoms with Crippen LogP contribution in [-0.2, 0) is 11.2 Å². The highest BCUT2D eigenvalue weighted by Gasteiger charge is 2.18. The number of H-pyrrole nitrogens is 1. The van der Waals surface area contributed by atoms with Gasteiger partial charge in [-0.3, -0.25) is 9.36 Å². The van der Waals surface area contributed by atoms with Gasteiger partial charge in [-0.25, -0.2) is 4.98 Å². The minimum Gasteiger partial charge on any atom is -0.353 e. The van der Waals surface area contributed by atoms with Crippen LogP contribution in [0, 0.1) is 6.92 Å². The number of aromatic nitrogens is 5. The fourth-order valence-corrected chi connectivity index (χ4v) is 4.39. The Balaban J connectivity index is 1.57. The van der Waals surface area contributed by atoms with Crippen molar-refractivity contribution in [1.29, 1.82) is 0 Å². The van der Waals surface area contributed by atoms with Crippen molar-refractivity contribution in [2.75, 3.05) is 0 Å². The molecule has 0 bridgehead atoms. The predicted octanol–water partition coefficient (Wildman–Crippen LogP) is 5.25. The Morgan fingerprint density at radius 2 is 1.87 bits per heavy atom. The Bertz CT molecular complexity index is 1280. The standard InChI is InChI=1S/C23H27N5O2S/c1-13(2)28-21(29)19-17(11-14(3)24-19)25-22(28)31-12-18-26-20(27-30-18)15-7-9-16(10-8-15)23(4,5)6/h7-11,13,24H,12H2,1-6H3. The van der Waals surface area contributed by atoms with Crippen LogP contribution in [-0.4, -0.2) is 24.7 Å². The van der Waals surface area contributed by atoms with Crippen LogP contribution in [0.15, 0.2) is 44.8 Å². The smallest absolute Gasteiger partial charge is 0.278 e. The number of hydrogen-bond donors (Lipinski definition) is 1. The molecule has 0 unspecified atom stereocenters. The van der Waals surface area contributed by atoms with Crippen LogP contribution in [0.3, 0.4) is 0 Å². The van der Waals surface area contributed by atoms with Crippen LogP contribution >= 0.6 is 11.8 Å². The first-order valence-electron chi connectivity index (χ1n) is 10.3. The van der Waals surface area contributed by atoms with Gasteiger partial charge in [-0.2, -0.15) is 4.98 Å². The fourth-order valence-electron chi connectivity index (χ4n) is 3.42. The molecule has 4 rings (SSSR count). The summed E-state index contributed by atoms with van der Waals surface area (Å²) in [5.74, 6) is 1.48. The normalized spacial score (nSPS) is 12.2. The molecule has 0 spiro atoms. The van der Waals surface area contributed by atoms with Crippen molar-refractivity contribution >= 4 is 22.8 Å². The predicted molar refractivity (Wildman–Crippen MR) is 123 cm³/mol. The van der Waals surface area contributed by atoms with Crippen LogP contribution in [0.25, 0.3) is 22.4 Å². The number of nitrogens with one attached hydrogen (secondary N) is 1. The fraction of sp³-hybridized carbons (Fsp3) is 0.391. The number of benzene rings is 1. The number of aromatic amines is 1. The second-order valence-electron chi connectivity index (χ2n) is 9.00. The number of fused-ring (bicyclic) bond motifs is 1. The quantitative estimate of drug-likeness (QED) is 0.339. The SMILES string of the molecule is Cc1cc2nc(SCc3nc(-c4ccc(C(C)(C)C)cc4)no3)n(C(C)C)c(=O)c2[nH]1. The molecule has 0 aliphatic carbocycles. The highest BCUT2D eigenvalue weighted by molar-refractivity contribution is 7.98. The van der Waals surface area contributed by atoms with Crippen molar-refractivity contribution < 1.29 is 4.52 Å². The molecule has 0 saturated carbocycles.